The molecule has 0 aliphatic carbocycles. The Morgan fingerprint density at radius 1 is 1.10 bits per heavy atom. The first-order valence-electron chi connectivity index (χ1n) is 6.78. The van der Waals surface area contributed by atoms with Crippen LogP contribution in [0.4, 0.5) is 8.78 Å². The molecular weight excluding hydrogens is 274 g/mol. The predicted molar refractivity (Wildman–Crippen MR) is 76.6 cm³/mol. The Bertz CT molecular complexity index is 592. The molecule has 2 N–H and O–H groups in total. The molecule has 3 nitrogen and oxygen atoms in total. The first-order valence-corrected chi connectivity index (χ1v) is 6.78. The summed E-state index contributed by atoms with van der Waals surface area (Å²) in [5, 5.41) is 13.5. The summed E-state index contributed by atoms with van der Waals surface area (Å²) < 4.78 is 26.1. The highest BCUT2D eigenvalue weighted by molar-refractivity contribution is 5.21. The van der Waals surface area contributed by atoms with Gasteiger partial charge in [0, 0.05) is 24.5 Å². The normalized spacial score (nSPS) is 15.5. The fraction of sp³-hybridized carbons (Fsp3) is 0.312. The van der Waals surface area contributed by atoms with E-state index in [-0.39, 0.29) is 12.1 Å². The van der Waals surface area contributed by atoms with E-state index in [1.165, 1.54) is 6.07 Å². The lowest BCUT2D eigenvalue weighted by atomic mass is 10.0. The number of hydrogen-bond donors (Lipinski definition) is 2. The van der Waals surface area contributed by atoms with Crippen LogP contribution < -0.4 is 5.32 Å². The van der Waals surface area contributed by atoms with Crippen LogP contribution in [-0.2, 0) is 0 Å². The fourth-order valence-corrected chi connectivity index (χ4v) is 2.20. The minimum atomic E-state index is -0.959. The van der Waals surface area contributed by atoms with Crippen molar-refractivity contribution in [3.8, 4) is 0 Å². The number of aliphatic hydroxyl groups excluding tert-OH is 1. The maximum atomic E-state index is 13.2. The Labute approximate surface area is 122 Å². The quantitative estimate of drug-likeness (QED) is 0.890. The number of hydrogen-bond acceptors (Lipinski definition) is 3. The van der Waals surface area contributed by atoms with Gasteiger partial charge in [-0.15, -0.1) is 0 Å². The largest absolute Gasteiger partial charge is 0.387 e. The molecule has 0 bridgehead atoms. The number of halogens is 2. The monoisotopic (exact) mass is 292 g/mol. The van der Waals surface area contributed by atoms with E-state index in [1.54, 1.807) is 19.3 Å². The van der Waals surface area contributed by atoms with Crippen molar-refractivity contribution >= 4 is 0 Å². The minimum Gasteiger partial charge on any atom is -0.387 e. The van der Waals surface area contributed by atoms with E-state index >= 15 is 0 Å². The molecule has 21 heavy (non-hydrogen) atoms. The van der Waals surface area contributed by atoms with E-state index in [2.05, 4.69) is 10.3 Å². The van der Waals surface area contributed by atoms with Gasteiger partial charge in [-0.25, -0.2) is 8.78 Å². The van der Waals surface area contributed by atoms with E-state index in [0.717, 1.165) is 17.7 Å². The third-order valence-electron chi connectivity index (χ3n) is 3.46. The van der Waals surface area contributed by atoms with Crippen LogP contribution in [0.15, 0.2) is 42.7 Å². The lowest BCUT2D eigenvalue weighted by Crippen LogP contribution is -2.34. The van der Waals surface area contributed by atoms with E-state index in [1.807, 2.05) is 19.1 Å². The molecule has 1 heterocycles. The molecule has 0 aliphatic heterocycles. The summed E-state index contributed by atoms with van der Waals surface area (Å²) in [5.74, 6) is -1.88. The van der Waals surface area contributed by atoms with Crippen molar-refractivity contribution in [1.29, 1.82) is 0 Å². The number of rotatable bonds is 5. The third-order valence-corrected chi connectivity index (χ3v) is 3.46. The van der Waals surface area contributed by atoms with E-state index in [0.29, 0.717) is 5.56 Å². The molecule has 1 aromatic heterocycles. The zero-order valence-electron chi connectivity index (χ0n) is 11.9. The van der Waals surface area contributed by atoms with Gasteiger partial charge in [0.25, 0.3) is 0 Å². The first-order chi connectivity index (χ1) is 9.99. The van der Waals surface area contributed by atoms with Gasteiger partial charge in [0.05, 0.1) is 6.10 Å². The van der Waals surface area contributed by atoms with Crippen molar-refractivity contribution in [3.05, 3.63) is 65.5 Å². The Hall–Kier alpha value is -1.85. The van der Waals surface area contributed by atoms with E-state index in [4.69, 9.17) is 0 Å². The van der Waals surface area contributed by atoms with Crippen LogP contribution in [-0.4, -0.2) is 16.1 Å². The third kappa shape index (κ3) is 3.83. The second-order valence-electron chi connectivity index (χ2n) is 5.08. The Morgan fingerprint density at radius 3 is 2.48 bits per heavy atom. The van der Waals surface area contributed by atoms with Crippen molar-refractivity contribution in [2.24, 2.45) is 0 Å². The fourth-order valence-electron chi connectivity index (χ4n) is 2.20. The molecule has 3 unspecified atom stereocenters. The summed E-state index contributed by atoms with van der Waals surface area (Å²) in [6.07, 6.45) is 2.50. The van der Waals surface area contributed by atoms with Crippen LogP contribution >= 0.6 is 0 Å². The highest BCUT2D eigenvalue weighted by atomic mass is 19.2. The standard InChI is InChI=1S/C16H18F2N2O/c1-10(13-4-3-7-19-9-13)20-11(2)16(21)12-5-6-14(17)15(18)8-12/h3-11,16,20-21H,1-2H3. The molecule has 0 saturated heterocycles. The zero-order valence-corrected chi connectivity index (χ0v) is 11.9. The number of pyridine rings is 1. The van der Waals surface area contributed by atoms with Gasteiger partial charge in [-0.2, -0.15) is 0 Å². The second-order valence-corrected chi connectivity index (χ2v) is 5.08. The number of nitrogens with zero attached hydrogens (tertiary/aromatic N) is 1. The van der Waals surface area contributed by atoms with Crippen LogP contribution in [0.2, 0.25) is 0 Å². The number of nitrogens with one attached hydrogen (secondary N) is 1. The van der Waals surface area contributed by atoms with E-state index in [9.17, 15) is 13.9 Å². The molecule has 0 saturated carbocycles. The van der Waals surface area contributed by atoms with Crippen LogP contribution in [0.3, 0.4) is 0 Å². The molecule has 3 atom stereocenters. The Kier molecular flexibility index (Phi) is 4.98. The number of aromatic nitrogens is 1. The molecule has 0 amide bonds. The summed E-state index contributed by atoms with van der Waals surface area (Å²) in [5.41, 5.74) is 1.33. The predicted octanol–water partition coefficient (Wildman–Crippen LogP) is 3.13. The van der Waals surface area contributed by atoms with Gasteiger partial charge in [-0.05, 0) is 43.2 Å². The lowest BCUT2D eigenvalue weighted by Gasteiger charge is -2.25. The average Bonchev–Trinajstić information content (AvgIpc) is 2.50. The van der Waals surface area contributed by atoms with Crippen LogP contribution in [0.5, 0.6) is 0 Å². The summed E-state index contributed by atoms with van der Waals surface area (Å²) in [7, 11) is 0. The molecule has 2 rings (SSSR count). The zero-order chi connectivity index (χ0) is 15.4. The molecule has 2 aromatic rings. The summed E-state index contributed by atoms with van der Waals surface area (Å²) in [6.45, 7) is 3.74. The Balaban J connectivity index is 2.05. The Morgan fingerprint density at radius 2 is 1.86 bits per heavy atom. The van der Waals surface area contributed by atoms with Crippen LogP contribution in [0.25, 0.3) is 0 Å². The maximum Gasteiger partial charge on any atom is 0.159 e. The maximum absolute atomic E-state index is 13.2. The van der Waals surface area contributed by atoms with Crippen LogP contribution in [0, 0.1) is 11.6 Å². The molecule has 0 fully saturated rings. The van der Waals surface area contributed by atoms with Crippen molar-refractivity contribution in [3.63, 3.8) is 0 Å². The molecule has 112 valence electrons. The van der Waals surface area contributed by atoms with Gasteiger partial charge in [0.2, 0.25) is 0 Å². The molecule has 0 radical (unpaired) electrons. The SMILES string of the molecule is CC(NC(C)C(O)c1ccc(F)c(F)c1)c1cccnc1. The average molecular weight is 292 g/mol. The molecule has 5 heteroatoms. The molecule has 0 aliphatic rings. The summed E-state index contributed by atoms with van der Waals surface area (Å²) in [6, 6.07) is 6.85. The van der Waals surface area contributed by atoms with Crippen molar-refractivity contribution in [2.75, 3.05) is 0 Å². The van der Waals surface area contributed by atoms with Gasteiger partial charge in [0.15, 0.2) is 11.6 Å². The molecular formula is C16H18F2N2O. The smallest absolute Gasteiger partial charge is 0.159 e. The minimum absolute atomic E-state index is 0.0198. The van der Waals surface area contributed by atoms with Crippen LogP contribution in [0.1, 0.15) is 37.1 Å². The summed E-state index contributed by atoms with van der Waals surface area (Å²) >= 11 is 0. The topological polar surface area (TPSA) is 45.1 Å². The van der Waals surface area contributed by atoms with Gasteiger partial charge in [0.1, 0.15) is 0 Å². The summed E-state index contributed by atoms with van der Waals surface area (Å²) in [4.78, 5) is 4.04. The molecule has 1 aromatic carbocycles. The lowest BCUT2D eigenvalue weighted by molar-refractivity contribution is 0.130. The van der Waals surface area contributed by atoms with Crippen molar-refractivity contribution in [2.45, 2.75) is 32.0 Å². The molecule has 0 spiro atoms. The highest BCUT2D eigenvalue weighted by Gasteiger charge is 2.20. The van der Waals surface area contributed by atoms with Gasteiger partial charge >= 0.3 is 0 Å². The van der Waals surface area contributed by atoms with Gasteiger partial charge in [-0.1, -0.05) is 12.1 Å². The highest BCUT2D eigenvalue weighted by Crippen LogP contribution is 2.21. The van der Waals surface area contributed by atoms with Gasteiger partial charge < -0.3 is 10.4 Å². The second kappa shape index (κ2) is 6.74. The van der Waals surface area contributed by atoms with Gasteiger partial charge in [-0.3, -0.25) is 4.98 Å². The van der Waals surface area contributed by atoms with Crippen molar-refractivity contribution in [1.82, 2.24) is 10.3 Å². The van der Waals surface area contributed by atoms with Crippen molar-refractivity contribution < 1.29 is 13.9 Å². The van der Waals surface area contributed by atoms with E-state index < -0.39 is 17.7 Å². The number of aliphatic hydroxyl groups is 1. The number of benzene rings is 1. The first kappa shape index (κ1) is 15.5.